The molecule has 0 fully saturated rings. The first kappa shape index (κ1) is 13.3. The molecule has 0 saturated heterocycles. The summed E-state index contributed by atoms with van der Waals surface area (Å²) in [6.07, 6.45) is 3.76. The van der Waals surface area contributed by atoms with Gasteiger partial charge in [0.25, 0.3) is 0 Å². The van der Waals surface area contributed by atoms with Gasteiger partial charge in [0.2, 0.25) is 0 Å². The zero-order chi connectivity index (χ0) is 14.8. The summed E-state index contributed by atoms with van der Waals surface area (Å²) in [6, 6.07) is 18.7. The Morgan fingerprint density at radius 2 is 1.33 bits per heavy atom. The normalized spacial score (nSPS) is 14.0. The molecule has 2 heteroatoms. The van der Waals surface area contributed by atoms with E-state index in [0.717, 1.165) is 28.5 Å². The van der Waals surface area contributed by atoms with Gasteiger partial charge < -0.3 is 9.80 Å². The van der Waals surface area contributed by atoms with Crippen LogP contribution < -0.4 is 9.80 Å². The van der Waals surface area contributed by atoms with Crippen molar-refractivity contribution in [3.8, 4) is 0 Å². The second-order valence-corrected chi connectivity index (χ2v) is 4.90. The Hall–Kier alpha value is -2.74. The van der Waals surface area contributed by atoms with E-state index in [4.69, 9.17) is 0 Å². The summed E-state index contributed by atoms with van der Waals surface area (Å²) < 4.78 is 0. The Labute approximate surface area is 125 Å². The molecule has 21 heavy (non-hydrogen) atoms. The van der Waals surface area contributed by atoms with Crippen LogP contribution in [0.3, 0.4) is 0 Å². The smallest absolute Gasteiger partial charge is 0.0699 e. The second-order valence-electron chi connectivity index (χ2n) is 4.90. The van der Waals surface area contributed by atoms with Crippen LogP contribution in [0.25, 0.3) is 0 Å². The maximum Gasteiger partial charge on any atom is 0.0699 e. The maximum atomic E-state index is 3.99. The Bertz CT molecular complexity index is 713. The standard InChI is InChI=1S/C19H18N2/c1-4-16-17(5-2)21(15-11-7-6-8-12-15)19-14-10-9-13-18(19)20(16)3/h4-14H,1-2H2,3H3. The Morgan fingerprint density at radius 1 is 0.762 bits per heavy atom. The lowest BCUT2D eigenvalue weighted by Gasteiger charge is -2.38. The highest BCUT2D eigenvalue weighted by molar-refractivity contribution is 5.86. The molecule has 2 nitrogen and oxygen atoms in total. The van der Waals surface area contributed by atoms with Gasteiger partial charge in [-0.2, -0.15) is 0 Å². The number of anilines is 3. The summed E-state index contributed by atoms with van der Waals surface area (Å²) in [6.45, 7) is 7.95. The van der Waals surface area contributed by atoms with E-state index in [-0.39, 0.29) is 0 Å². The number of nitrogens with zero attached hydrogens (tertiary/aromatic N) is 2. The van der Waals surface area contributed by atoms with Crippen LogP contribution in [0.4, 0.5) is 17.1 Å². The number of para-hydroxylation sites is 3. The molecule has 0 unspecified atom stereocenters. The highest BCUT2D eigenvalue weighted by Crippen LogP contribution is 2.43. The molecule has 1 aliphatic rings. The van der Waals surface area contributed by atoms with E-state index in [1.165, 1.54) is 0 Å². The summed E-state index contributed by atoms with van der Waals surface area (Å²) in [5.74, 6) is 0. The molecule has 0 saturated carbocycles. The fourth-order valence-electron chi connectivity index (χ4n) is 2.78. The summed E-state index contributed by atoms with van der Waals surface area (Å²) >= 11 is 0. The minimum absolute atomic E-state index is 1.04. The lowest BCUT2D eigenvalue weighted by atomic mass is 10.1. The number of likely N-dealkylation sites (N-methyl/N-ethyl adjacent to an activating group) is 1. The Morgan fingerprint density at radius 3 is 1.95 bits per heavy atom. The van der Waals surface area contributed by atoms with E-state index >= 15 is 0 Å². The maximum absolute atomic E-state index is 3.99. The highest BCUT2D eigenvalue weighted by atomic mass is 15.3. The topological polar surface area (TPSA) is 6.48 Å². The molecule has 1 aliphatic heterocycles. The van der Waals surface area contributed by atoms with Gasteiger partial charge in [0.15, 0.2) is 0 Å². The molecule has 2 aromatic carbocycles. The Kier molecular flexibility index (Phi) is 3.36. The van der Waals surface area contributed by atoms with Gasteiger partial charge in [-0.15, -0.1) is 0 Å². The molecule has 2 aromatic rings. The number of hydrogen-bond acceptors (Lipinski definition) is 2. The van der Waals surface area contributed by atoms with Crippen molar-refractivity contribution in [3.05, 3.63) is 91.3 Å². The van der Waals surface area contributed by atoms with Crippen LogP contribution in [0, 0.1) is 0 Å². The number of allylic oxidation sites excluding steroid dienone is 2. The molecule has 0 bridgehead atoms. The van der Waals surface area contributed by atoms with Crippen molar-refractivity contribution < 1.29 is 0 Å². The highest BCUT2D eigenvalue weighted by Gasteiger charge is 2.26. The number of fused-ring (bicyclic) bond motifs is 1. The second kappa shape index (κ2) is 5.33. The molecule has 0 radical (unpaired) electrons. The summed E-state index contributed by atoms with van der Waals surface area (Å²) in [5.41, 5.74) is 5.51. The van der Waals surface area contributed by atoms with Gasteiger partial charge in [0, 0.05) is 12.7 Å². The average molecular weight is 274 g/mol. The van der Waals surface area contributed by atoms with Crippen molar-refractivity contribution in [3.63, 3.8) is 0 Å². The minimum Gasteiger partial charge on any atom is -0.341 e. The lowest BCUT2D eigenvalue weighted by molar-refractivity contribution is 1.03. The predicted molar refractivity (Wildman–Crippen MR) is 90.8 cm³/mol. The number of hydrogen-bond donors (Lipinski definition) is 0. The van der Waals surface area contributed by atoms with Crippen LogP contribution in [0.1, 0.15) is 0 Å². The fourth-order valence-corrected chi connectivity index (χ4v) is 2.78. The Balaban J connectivity index is 2.30. The van der Waals surface area contributed by atoms with E-state index < -0.39 is 0 Å². The largest absolute Gasteiger partial charge is 0.341 e. The van der Waals surface area contributed by atoms with Crippen molar-refractivity contribution in [2.24, 2.45) is 0 Å². The molecule has 0 aliphatic carbocycles. The summed E-state index contributed by atoms with van der Waals surface area (Å²) in [7, 11) is 2.06. The summed E-state index contributed by atoms with van der Waals surface area (Å²) in [4.78, 5) is 4.37. The molecule has 0 atom stereocenters. The number of rotatable bonds is 3. The SMILES string of the molecule is C=CC1=C(C=C)N(c2ccccc2)c2ccccc2N1C. The van der Waals surface area contributed by atoms with Crippen molar-refractivity contribution in [1.82, 2.24) is 0 Å². The minimum atomic E-state index is 1.04. The van der Waals surface area contributed by atoms with Crippen LogP contribution in [0.15, 0.2) is 91.3 Å². The molecule has 1 heterocycles. The molecule has 0 amide bonds. The predicted octanol–water partition coefficient (Wildman–Crippen LogP) is 4.86. The van der Waals surface area contributed by atoms with Gasteiger partial charge >= 0.3 is 0 Å². The third-order valence-electron chi connectivity index (χ3n) is 3.75. The van der Waals surface area contributed by atoms with Crippen molar-refractivity contribution >= 4 is 17.1 Å². The van der Waals surface area contributed by atoms with E-state index in [1.807, 2.05) is 30.4 Å². The quantitative estimate of drug-likeness (QED) is 0.788. The number of benzene rings is 2. The average Bonchev–Trinajstić information content (AvgIpc) is 2.55. The van der Waals surface area contributed by atoms with Crippen LogP contribution in [0.5, 0.6) is 0 Å². The summed E-state index contributed by atoms with van der Waals surface area (Å²) in [5, 5.41) is 0. The molecule has 0 spiro atoms. The molecule has 0 aromatic heterocycles. The van der Waals surface area contributed by atoms with Crippen LogP contribution in [-0.2, 0) is 0 Å². The van der Waals surface area contributed by atoms with Gasteiger partial charge in [-0.1, -0.05) is 43.5 Å². The monoisotopic (exact) mass is 274 g/mol. The van der Waals surface area contributed by atoms with E-state index in [2.05, 4.69) is 66.4 Å². The molecule has 0 N–H and O–H groups in total. The molecular formula is C19H18N2. The van der Waals surface area contributed by atoms with Crippen molar-refractivity contribution in [2.75, 3.05) is 16.8 Å². The third kappa shape index (κ3) is 2.05. The first-order valence-corrected chi connectivity index (χ1v) is 6.95. The van der Waals surface area contributed by atoms with Crippen LogP contribution in [-0.4, -0.2) is 7.05 Å². The van der Waals surface area contributed by atoms with Gasteiger partial charge in [-0.25, -0.2) is 0 Å². The first-order chi connectivity index (χ1) is 10.3. The van der Waals surface area contributed by atoms with Crippen LogP contribution in [0.2, 0.25) is 0 Å². The van der Waals surface area contributed by atoms with Crippen molar-refractivity contribution in [2.45, 2.75) is 0 Å². The van der Waals surface area contributed by atoms with Gasteiger partial charge in [0.05, 0.1) is 22.8 Å². The zero-order valence-electron chi connectivity index (χ0n) is 12.2. The van der Waals surface area contributed by atoms with Gasteiger partial charge in [-0.05, 0) is 36.4 Å². The van der Waals surface area contributed by atoms with E-state index in [9.17, 15) is 0 Å². The molecule has 104 valence electrons. The first-order valence-electron chi connectivity index (χ1n) is 6.95. The third-order valence-corrected chi connectivity index (χ3v) is 3.75. The van der Waals surface area contributed by atoms with Gasteiger partial charge in [0.1, 0.15) is 0 Å². The van der Waals surface area contributed by atoms with Crippen molar-refractivity contribution in [1.29, 1.82) is 0 Å². The lowest BCUT2D eigenvalue weighted by Crippen LogP contribution is -2.30. The molecular weight excluding hydrogens is 256 g/mol. The van der Waals surface area contributed by atoms with Crippen LogP contribution >= 0.6 is 0 Å². The fraction of sp³-hybridized carbons (Fsp3) is 0.0526. The zero-order valence-corrected chi connectivity index (χ0v) is 12.2. The van der Waals surface area contributed by atoms with E-state index in [0.29, 0.717) is 0 Å². The van der Waals surface area contributed by atoms with E-state index in [1.54, 1.807) is 0 Å². The molecule has 3 rings (SSSR count). The van der Waals surface area contributed by atoms with Gasteiger partial charge in [-0.3, -0.25) is 0 Å².